The fourth-order valence-electron chi connectivity index (χ4n) is 4.85. The van der Waals surface area contributed by atoms with Crippen molar-refractivity contribution in [3.63, 3.8) is 0 Å². The number of pyridine rings is 1. The summed E-state index contributed by atoms with van der Waals surface area (Å²) in [7, 11) is 1.35. The number of para-hydroxylation sites is 1. The van der Waals surface area contributed by atoms with Gasteiger partial charge in [0.25, 0.3) is 0 Å². The molecule has 0 radical (unpaired) electrons. The van der Waals surface area contributed by atoms with Crippen LogP contribution >= 0.6 is 11.6 Å². The van der Waals surface area contributed by atoms with Crippen molar-refractivity contribution in [1.82, 2.24) is 20.5 Å². The molecule has 3 aromatic rings. The van der Waals surface area contributed by atoms with Crippen LogP contribution in [-0.4, -0.2) is 48.3 Å². The highest BCUT2D eigenvalue weighted by Crippen LogP contribution is 2.36. The Labute approximate surface area is 231 Å². The first-order chi connectivity index (χ1) is 19.0. The normalized spacial score (nSPS) is 19.8. The van der Waals surface area contributed by atoms with Crippen LogP contribution in [-0.2, 0) is 9.53 Å². The molecule has 1 saturated heterocycles. The number of rotatable bonds is 7. The molecule has 1 aromatic heterocycles. The Bertz CT molecular complexity index is 1360. The smallest absolute Gasteiger partial charge is 0.337 e. The average Bonchev–Trinajstić information content (AvgIpc) is 2.97. The highest BCUT2D eigenvalue weighted by atomic mass is 35.5. The maximum Gasteiger partial charge on any atom is 0.337 e. The number of anilines is 1. The van der Waals surface area contributed by atoms with Gasteiger partial charge in [0.15, 0.2) is 0 Å². The first-order valence-electron chi connectivity index (χ1n) is 12.8. The van der Waals surface area contributed by atoms with Crippen molar-refractivity contribution >= 4 is 29.0 Å². The molecule has 3 heterocycles. The summed E-state index contributed by atoms with van der Waals surface area (Å²) in [6.45, 7) is 2.04. The van der Waals surface area contributed by atoms with Gasteiger partial charge in [-0.05, 0) is 42.0 Å². The van der Waals surface area contributed by atoms with Crippen molar-refractivity contribution in [1.29, 1.82) is 0 Å². The van der Waals surface area contributed by atoms with E-state index in [0.717, 1.165) is 43.0 Å². The summed E-state index contributed by atoms with van der Waals surface area (Å²) in [5.74, 6) is -0.934. The maximum atomic E-state index is 13.9. The summed E-state index contributed by atoms with van der Waals surface area (Å²) < 4.78 is 19.1. The summed E-state index contributed by atoms with van der Waals surface area (Å²) in [6.07, 6.45) is 2.91. The number of carbonyl (C=O) groups is 1. The molecule has 39 heavy (non-hydrogen) atoms. The number of ether oxygens (including phenoxy) is 1. The van der Waals surface area contributed by atoms with E-state index in [9.17, 15) is 9.18 Å². The molecule has 1 fully saturated rings. The van der Waals surface area contributed by atoms with E-state index in [-0.39, 0.29) is 5.02 Å². The van der Waals surface area contributed by atoms with Crippen LogP contribution in [0.2, 0.25) is 5.02 Å². The summed E-state index contributed by atoms with van der Waals surface area (Å²) in [4.78, 5) is 19.9. The average molecular weight is 549 g/mol. The zero-order valence-electron chi connectivity index (χ0n) is 21.5. The summed E-state index contributed by atoms with van der Waals surface area (Å²) >= 11 is 6.48. The van der Waals surface area contributed by atoms with E-state index in [0.29, 0.717) is 23.4 Å². The number of nitrogens with zero attached hydrogens (tertiary/aromatic N) is 3. The molecule has 10 heteroatoms. The van der Waals surface area contributed by atoms with E-state index in [2.05, 4.69) is 31.0 Å². The third-order valence-corrected chi connectivity index (χ3v) is 7.19. The third kappa shape index (κ3) is 6.44. The number of halogens is 2. The Balaban J connectivity index is 1.41. The highest BCUT2D eigenvalue weighted by Gasteiger charge is 2.36. The van der Waals surface area contributed by atoms with Crippen LogP contribution in [0.3, 0.4) is 0 Å². The van der Waals surface area contributed by atoms with E-state index < -0.39 is 24.0 Å². The second-order valence-electron chi connectivity index (χ2n) is 9.41. The zero-order chi connectivity index (χ0) is 27.2. The number of benzene rings is 2. The topological polar surface area (TPSA) is 90.9 Å². The van der Waals surface area contributed by atoms with E-state index in [1.807, 2.05) is 48.5 Å². The van der Waals surface area contributed by atoms with E-state index in [1.165, 1.54) is 19.2 Å². The van der Waals surface area contributed by atoms with E-state index in [1.54, 1.807) is 12.3 Å². The van der Waals surface area contributed by atoms with Gasteiger partial charge in [-0.2, -0.15) is 5.10 Å². The minimum atomic E-state index is -0.634. The number of methoxy groups -OCH3 is 1. The van der Waals surface area contributed by atoms with Crippen LogP contribution in [0.25, 0.3) is 0 Å². The molecule has 0 bridgehead atoms. The minimum Gasteiger partial charge on any atom is -0.466 e. The number of aromatic nitrogens is 1. The predicted octanol–water partition coefficient (Wildman–Crippen LogP) is 4.80. The largest absolute Gasteiger partial charge is 0.466 e. The lowest BCUT2D eigenvalue weighted by Crippen LogP contribution is -2.48. The van der Waals surface area contributed by atoms with Crippen LogP contribution in [0.1, 0.15) is 36.3 Å². The van der Waals surface area contributed by atoms with Gasteiger partial charge in [-0.1, -0.05) is 41.9 Å². The number of piperidine rings is 1. The molecule has 0 spiro atoms. The Morgan fingerprint density at radius 2 is 1.92 bits per heavy atom. The molecule has 0 saturated carbocycles. The first kappa shape index (κ1) is 26.8. The van der Waals surface area contributed by atoms with Gasteiger partial charge in [0.1, 0.15) is 12.0 Å². The zero-order valence-corrected chi connectivity index (χ0v) is 22.3. The van der Waals surface area contributed by atoms with Gasteiger partial charge < -0.3 is 10.1 Å². The Kier molecular flexibility index (Phi) is 8.51. The Morgan fingerprint density at radius 3 is 2.62 bits per heavy atom. The van der Waals surface area contributed by atoms with Crippen LogP contribution < -0.4 is 16.1 Å². The SMILES string of the molecule is COC(=O)C1=C(CN2CCC(=NNc3ccccc3)CC2)NC(c2ccccn2)NC1c1ccc(F)cc1Cl. The standard InChI is InChI=1S/C29H30ClFN6O2/c1-39-29(38)26-25(18-37-15-12-21(13-16-37)36-35-20-7-3-2-4-8-20)33-28(24-9-5-6-14-32-24)34-27(26)22-11-10-19(31)17-23(22)30/h2-11,14,17,27-28,33-35H,12-13,15-16,18H2,1H3. The predicted molar refractivity (Wildman–Crippen MR) is 150 cm³/mol. The second-order valence-corrected chi connectivity index (χ2v) is 9.82. The van der Waals surface area contributed by atoms with Crippen LogP contribution in [0.4, 0.5) is 10.1 Å². The fraction of sp³-hybridized carbons (Fsp3) is 0.276. The summed E-state index contributed by atoms with van der Waals surface area (Å²) in [5.41, 5.74) is 7.63. The molecule has 2 aliphatic heterocycles. The minimum absolute atomic E-state index is 0.222. The molecule has 202 valence electrons. The third-order valence-electron chi connectivity index (χ3n) is 6.86. The molecule has 0 amide bonds. The number of hydrazone groups is 1. The number of carbonyl (C=O) groups excluding carboxylic acids is 1. The molecule has 2 aliphatic rings. The number of nitrogens with one attached hydrogen (secondary N) is 3. The van der Waals surface area contributed by atoms with Gasteiger partial charge in [0.2, 0.25) is 0 Å². The van der Waals surface area contributed by atoms with Crippen molar-refractivity contribution in [2.45, 2.75) is 25.0 Å². The van der Waals surface area contributed by atoms with Crippen LogP contribution in [0.5, 0.6) is 0 Å². The second kappa shape index (κ2) is 12.4. The molecule has 0 aliphatic carbocycles. The van der Waals surface area contributed by atoms with Crippen LogP contribution in [0.15, 0.2) is 89.3 Å². The molecular weight excluding hydrogens is 519 g/mol. The maximum absolute atomic E-state index is 13.9. The van der Waals surface area contributed by atoms with Gasteiger partial charge in [-0.3, -0.25) is 20.6 Å². The van der Waals surface area contributed by atoms with E-state index in [4.69, 9.17) is 16.3 Å². The monoisotopic (exact) mass is 548 g/mol. The van der Waals surface area contributed by atoms with Crippen LogP contribution in [0, 0.1) is 5.82 Å². The molecular formula is C29H30ClFN6O2. The highest BCUT2D eigenvalue weighted by molar-refractivity contribution is 6.31. The molecule has 8 nitrogen and oxygen atoms in total. The van der Waals surface area contributed by atoms with Crippen molar-refractivity contribution in [2.75, 3.05) is 32.2 Å². The number of esters is 1. The number of hydrogen-bond acceptors (Lipinski definition) is 8. The lowest BCUT2D eigenvalue weighted by atomic mass is 9.93. The van der Waals surface area contributed by atoms with Crippen molar-refractivity contribution in [3.8, 4) is 0 Å². The lowest BCUT2D eigenvalue weighted by molar-refractivity contribution is -0.136. The molecule has 2 aromatic carbocycles. The molecule has 2 atom stereocenters. The quantitative estimate of drug-likeness (QED) is 0.289. The fourth-order valence-corrected chi connectivity index (χ4v) is 5.12. The van der Waals surface area contributed by atoms with Crippen molar-refractivity contribution in [3.05, 3.63) is 106 Å². The van der Waals surface area contributed by atoms with Crippen molar-refractivity contribution in [2.24, 2.45) is 5.10 Å². The molecule has 2 unspecified atom stereocenters. The van der Waals surface area contributed by atoms with Gasteiger partial charge in [0.05, 0.1) is 30.1 Å². The van der Waals surface area contributed by atoms with Gasteiger partial charge in [-0.15, -0.1) is 0 Å². The number of likely N-dealkylation sites (tertiary alicyclic amines) is 1. The van der Waals surface area contributed by atoms with Gasteiger partial charge in [0, 0.05) is 55.1 Å². The van der Waals surface area contributed by atoms with E-state index >= 15 is 0 Å². The van der Waals surface area contributed by atoms with Gasteiger partial charge in [-0.25, -0.2) is 9.18 Å². The Hall–Kier alpha value is -3.79. The lowest BCUT2D eigenvalue weighted by Gasteiger charge is -2.38. The van der Waals surface area contributed by atoms with Crippen molar-refractivity contribution < 1.29 is 13.9 Å². The summed E-state index contributed by atoms with van der Waals surface area (Å²) in [6, 6.07) is 19.1. The molecule has 3 N–H and O–H groups in total. The Morgan fingerprint density at radius 1 is 1.15 bits per heavy atom. The summed E-state index contributed by atoms with van der Waals surface area (Å²) in [5, 5.41) is 11.7. The molecule has 5 rings (SSSR count). The van der Waals surface area contributed by atoms with Gasteiger partial charge >= 0.3 is 5.97 Å². The number of hydrogen-bond donors (Lipinski definition) is 3. The first-order valence-corrected chi connectivity index (χ1v) is 13.2.